The first-order valence-electron chi connectivity index (χ1n) is 10.5. The molecule has 1 spiro atoms. The van der Waals surface area contributed by atoms with E-state index >= 15 is 0 Å². The Morgan fingerprint density at radius 1 is 1.35 bits per heavy atom. The standard InChI is InChI=1S/C22H27ClN2O6/c1-4-30-20(29)16-15-19(28)25(9-10-26)17(22(15)11-12(2)21(16,3)31-22)18(27)24-14-7-5-13(23)6-8-14/h5-8,12,15-17,26H,4,9-11H2,1-3H3,(H,24,27)/t12?,15-,16+,17?,21-,22?/m0/s1. The van der Waals surface area contributed by atoms with Crippen LogP contribution in [0.4, 0.5) is 5.69 Å². The molecule has 0 radical (unpaired) electrons. The van der Waals surface area contributed by atoms with E-state index in [9.17, 15) is 19.5 Å². The average Bonchev–Trinajstić information content (AvgIpc) is 3.22. The number of rotatable bonds is 6. The van der Waals surface area contributed by atoms with Crippen LogP contribution in [-0.4, -0.2) is 64.8 Å². The number of esters is 1. The molecule has 2 N–H and O–H groups in total. The van der Waals surface area contributed by atoms with Crippen molar-refractivity contribution in [1.82, 2.24) is 4.90 Å². The van der Waals surface area contributed by atoms with Crippen LogP contribution in [0.1, 0.15) is 27.2 Å². The van der Waals surface area contributed by atoms with Crippen LogP contribution in [0.3, 0.4) is 0 Å². The Balaban J connectivity index is 1.74. The Hall–Kier alpha value is -2.16. The minimum Gasteiger partial charge on any atom is -0.466 e. The first-order valence-corrected chi connectivity index (χ1v) is 10.9. The van der Waals surface area contributed by atoms with Gasteiger partial charge in [-0.15, -0.1) is 0 Å². The maximum absolute atomic E-state index is 13.5. The second kappa shape index (κ2) is 7.76. The van der Waals surface area contributed by atoms with Crippen molar-refractivity contribution in [2.45, 2.75) is 44.4 Å². The number of β-amino-alcohol motifs (C(OH)–C–C–N with tert-alkyl or cyclic N) is 1. The van der Waals surface area contributed by atoms with Gasteiger partial charge in [0.1, 0.15) is 17.6 Å². The summed E-state index contributed by atoms with van der Waals surface area (Å²) >= 11 is 5.93. The van der Waals surface area contributed by atoms with E-state index in [0.29, 0.717) is 17.1 Å². The number of aliphatic hydroxyl groups excluding tert-OH is 1. The van der Waals surface area contributed by atoms with Crippen molar-refractivity contribution in [3.05, 3.63) is 29.3 Å². The molecule has 3 aliphatic rings. The largest absolute Gasteiger partial charge is 0.466 e. The monoisotopic (exact) mass is 450 g/mol. The van der Waals surface area contributed by atoms with Gasteiger partial charge in [-0.05, 0) is 50.5 Å². The number of aliphatic hydroxyl groups is 1. The molecule has 2 amide bonds. The van der Waals surface area contributed by atoms with E-state index in [-0.39, 0.29) is 31.6 Å². The highest BCUT2D eigenvalue weighted by Crippen LogP contribution is 2.65. The van der Waals surface area contributed by atoms with E-state index in [1.807, 2.05) is 13.8 Å². The van der Waals surface area contributed by atoms with Crippen molar-refractivity contribution >= 4 is 35.1 Å². The number of likely N-dealkylation sites (tertiary alicyclic amines) is 1. The van der Waals surface area contributed by atoms with Gasteiger partial charge < -0.3 is 24.8 Å². The lowest BCUT2D eigenvalue weighted by molar-refractivity contribution is -0.161. The molecular weight excluding hydrogens is 424 g/mol. The van der Waals surface area contributed by atoms with Gasteiger partial charge in [-0.2, -0.15) is 0 Å². The van der Waals surface area contributed by atoms with Crippen LogP contribution in [0.5, 0.6) is 0 Å². The number of halogens is 1. The Bertz CT molecular complexity index is 908. The fraction of sp³-hybridized carbons (Fsp3) is 0.591. The van der Waals surface area contributed by atoms with E-state index in [1.54, 1.807) is 31.2 Å². The Morgan fingerprint density at radius 3 is 2.65 bits per heavy atom. The average molecular weight is 451 g/mol. The number of carbonyl (C=O) groups excluding carboxylic acids is 3. The third kappa shape index (κ3) is 3.15. The Labute approximate surface area is 185 Å². The highest BCUT2D eigenvalue weighted by Gasteiger charge is 2.80. The molecule has 168 valence electrons. The van der Waals surface area contributed by atoms with Crippen molar-refractivity contribution in [3.8, 4) is 0 Å². The predicted octanol–water partition coefficient (Wildman–Crippen LogP) is 1.84. The fourth-order valence-electron chi connectivity index (χ4n) is 5.72. The van der Waals surface area contributed by atoms with Crippen LogP contribution < -0.4 is 5.32 Å². The molecule has 3 unspecified atom stereocenters. The van der Waals surface area contributed by atoms with Gasteiger partial charge in [-0.3, -0.25) is 14.4 Å². The summed E-state index contributed by atoms with van der Waals surface area (Å²) in [5.74, 6) is -2.98. The van der Waals surface area contributed by atoms with Crippen LogP contribution in [0, 0.1) is 17.8 Å². The SMILES string of the molecule is CCOC(=O)[C@H]1[C@H]2C(=O)N(CCO)C(C(=O)Nc3ccc(Cl)cc3)C23CC(C)[C@]1(C)O3. The second-order valence-electron chi connectivity index (χ2n) is 8.71. The lowest BCUT2D eigenvalue weighted by atomic mass is 9.62. The minimum atomic E-state index is -1.16. The van der Waals surface area contributed by atoms with Crippen molar-refractivity contribution in [3.63, 3.8) is 0 Å². The van der Waals surface area contributed by atoms with Crippen LogP contribution in [0.2, 0.25) is 5.02 Å². The van der Waals surface area contributed by atoms with Gasteiger partial charge in [0, 0.05) is 17.3 Å². The van der Waals surface area contributed by atoms with Gasteiger partial charge in [-0.25, -0.2) is 0 Å². The van der Waals surface area contributed by atoms with E-state index in [0.717, 1.165) is 0 Å². The molecule has 3 saturated heterocycles. The predicted molar refractivity (Wildman–Crippen MR) is 112 cm³/mol. The Kier molecular flexibility index (Phi) is 5.52. The number of carbonyl (C=O) groups is 3. The summed E-state index contributed by atoms with van der Waals surface area (Å²) < 4.78 is 11.8. The first kappa shape index (κ1) is 22.0. The molecule has 0 aromatic heterocycles. The summed E-state index contributed by atoms with van der Waals surface area (Å²) in [7, 11) is 0. The molecular formula is C22H27ClN2O6. The molecule has 3 aliphatic heterocycles. The van der Waals surface area contributed by atoms with Crippen LogP contribution in [-0.2, 0) is 23.9 Å². The molecule has 3 fully saturated rings. The first-order chi connectivity index (χ1) is 14.7. The van der Waals surface area contributed by atoms with Crippen LogP contribution >= 0.6 is 11.6 Å². The van der Waals surface area contributed by atoms with E-state index in [1.165, 1.54) is 4.90 Å². The van der Waals surface area contributed by atoms with Crippen LogP contribution in [0.25, 0.3) is 0 Å². The summed E-state index contributed by atoms with van der Waals surface area (Å²) in [6, 6.07) is 5.67. The number of hydrogen-bond acceptors (Lipinski definition) is 6. The number of ether oxygens (including phenoxy) is 2. The van der Waals surface area contributed by atoms with Crippen molar-refractivity contribution in [2.75, 3.05) is 25.1 Å². The smallest absolute Gasteiger partial charge is 0.312 e. The topological polar surface area (TPSA) is 105 Å². The molecule has 31 heavy (non-hydrogen) atoms. The zero-order chi connectivity index (χ0) is 22.6. The molecule has 1 aromatic rings. The maximum Gasteiger partial charge on any atom is 0.312 e. The number of hydrogen-bond donors (Lipinski definition) is 2. The summed E-state index contributed by atoms with van der Waals surface area (Å²) in [5, 5.41) is 13.0. The van der Waals surface area contributed by atoms with Crippen LogP contribution in [0.15, 0.2) is 24.3 Å². The fourth-order valence-corrected chi connectivity index (χ4v) is 5.85. The van der Waals surface area contributed by atoms with E-state index < -0.39 is 41.0 Å². The van der Waals surface area contributed by atoms with Gasteiger partial charge in [-0.1, -0.05) is 18.5 Å². The highest BCUT2D eigenvalue weighted by atomic mass is 35.5. The van der Waals surface area contributed by atoms with Crippen molar-refractivity contribution < 1.29 is 29.0 Å². The van der Waals surface area contributed by atoms with Gasteiger partial charge in [0.25, 0.3) is 0 Å². The molecule has 0 saturated carbocycles. The number of nitrogens with one attached hydrogen (secondary N) is 1. The zero-order valence-electron chi connectivity index (χ0n) is 17.8. The zero-order valence-corrected chi connectivity index (χ0v) is 18.5. The number of fused-ring (bicyclic) bond motifs is 1. The summed E-state index contributed by atoms with van der Waals surface area (Å²) in [4.78, 5) is 41.2. The molecule has 3 heterocycles. The lowest BCUT2D eigenvalue weighted by Gasteiger charge is -2.35. The van der Waals surface area contributed by atoms with Gasteiger partial charge in [0.05, 0.1) is 24.7 Å². The van der Waals surface area contributed by atoms with Crippen molar-refractivity contribution in [1.29, 1.82) is 0 Å². The number of nitrogens with zero attached hydrogens (tertiary/aromatic N) is 1. The lowest BCUT2D eigenvalue weighted by Crippen LogP contribution is -2.54. The second-order valence-corrected chi connectivity index (χ2v) is 9.14. The van der Waals surface area contributed by atoms with E-state index in [2.05, 4.69) is 5.32 Å². The van der Waals surface area contributed by atoms with Gasteiger partial charge >= 0.3 is 5.97 Å². The minimum absolute atomic E-state index is 0.0280. The molecule has 8 nitrogen and oxygen atoms in total. The molecule has 9 heteroatoms. The summed E-state index contributed by atoms with van der Waals surface area (Å²) in [6.45, 7) is 5.35. The molecule has 0 aliphatic carbocycles. The molecule has 2 bridgehead atoms. The Morgan fingerprint density at radius 2 is 2.03 bits per heavy atom. The number of anilines is 1. The van der Waals surface area contributed by atoms with Gasteiger partial charge in [0.15, 0.2) is 0 Å². The maximum atomic E-state index is 13.5. The third-order valence-corrected chi connectivity index (χ3v) is 7.31. The third-order valence-electron chi connectivity index (χ3n) is 7.06. The quantitative estimate of drug-likeness (QED) is 0.641. The molecule has 1 aromatic carbocycles. The summed E-state index contributed by atoms with van der Waals surface area (Å²) in [5.41, 5.74) is -1.54. The number of benzene rings is 1. The van der Waals surface area contributed by atoms with Crippen molar-refractivity contribution in [2.24, 2.45) is 17.8 Å². The summed E-state index contributed by atoms with van der Waals surface area (Å²) in [6.07, 6.45) is 0.455. The normalized spacial score (nSPS) is 35.9. The van der Waals surface area contributed by atoms with E-state index in [4.69, 9.17) is 21.1 Å². The molecule has 6 atom stereocenters. The molecule has 4 rings (SSSR count). The number of amides is 2. The van der Waals surface area contributed by atoms with Gasteiger partial charge in [0.2, 0.25) is 11.8 Å². The highest BCUT2D eigenvalue weighted by molar-refractivity contribution is 6.30.